The highest BCUT2D eigenvalue weighted by Crippen LogP contribution is 2.22. The highest BCUT2D eigenvalue weighted by atomic mass is 16.5. The maximum atomic E-state index is 12.9. The Bertz CT molecular complexity index is 947. The van der Waals surface area contributed by atoms with Crippen molar-refractivity contribution in [3.63, 3.8) is 0 Å². The zero-order valence-electron chi connectivity index (χ0n) is 16.0. The number of carbonyl (C=O) groups excluding carboxylic acids is 1. The minimum Gasteiger partial charge on any atom is -0.481 e. The van der Waals surface area contributed by atoms with Gasteiger partial charge in [0, 0.05) is 38.6 Å². The molecule has 28 heavy (non-hydrogen) atoms. The summed E-state index contributed by atoms with van der Waals surface area (Å²) >= 11 is 0. The van der Waals surface area contributed by atoms with E-state index >= 15 is 0 Å². The molecular formula is C22H24N4O2. The van der Waals surface area contributed by atoms with E-state index in [9.17, 15) is 4.79 Å². The molecule has 1 amide bonds. The summed E-state index contributed by atoms with van der Waals surface area (Å²) in [6, 6.07) is 15.8. The van der Waals surface area contributed by atoms with Crippen molar-refractivity contribution in [3.05, 3.63) is 60.9 Å². The van der Waals surface area contributed by atoms with Crippen LogP contribution in [0.2, 0.25) is 0 Å². The van der Waals surface area contributed by atoms with Crippen LogP contribution in [0.3, 0.4) is 0 Å². The number of anilines is 1. The van der Waals surface area contributed by atoms with Gasteiger partial charge in [0.1, 0.15) is 5.75 Å². The topological polar surface area (TPSA) is 58.6 Å². The van der Waals surface area contributed by atoms with Crippen LogP contribution in [0, 0.1) is 0 Å². The summed E-state index contributed by atoms with van der Waals surface area (Å²) < 4.78 is 5.96. The van der Waals surface area contributed by atoms with E-state index in [-0.39, 0.29) is 5.91 Å². The van der Waals surface area contributed by atoms with Gasteiger partial charge in [-0.25, -0.2) is 9.97 Å². The van der Waals surface area contributed by atoms with E-state index in [4.69, 9.17) is 4.74 Å². The molecule has 2 heterocycles. The monoisotopic (exact) mass is 376 g/mol. The molecule has 6 heteroatoms. The van der Waals surface area contributed by atoms with E-state index in [1.54, 1.807) is 12.4 Å². The van der Waals surface area contributed by atoms with Crippen LogP contribution in [-0.2, 0) is 4.79 Å². The number of carbonyl (C=O) groups is 1. The molecule has 4 rings (SSSR count). The second-order valence-electron chi connectivity index (χ2n) is 6.98. The number of ether oxygens (including phenoxy) is 1. The zero-order chi connectivity index (χ0) is 19.3. The third kappa shape index (κ3) is 4.06. The predicted molar refractivity (Wildman–Crippen MR) is 109 cm³/mol. The van der Waals surface area contributed by atoms with E-state index in [1.165, 1.54) is 0 Å². The average Bonchev–Trinajstić information content (AvgIpc) is 3.00. The van der Waals surface area contributed by atoms with Gasteiger partial charge in [-0.05, 0) is 42.3 Å². The maximum Gasteiger partial charge on any atom is 0.263 e. The summed E-state index contributed by atoms with van der Waals surface area (Å²) in [6.07, 6.45) is 3.85. The van der Waals surface area contributed by atoms with Crippen molar-refractivity contribution in [1.82, 2.24) is 14.9 Å². The molecule has 0 N–H and O–H groups in total. The Kier molecular flexibility index (Phi) is 5.37. The lowest BCUT2D eigenvalue weighted by molar-refractivity contribution is -0.137. The second-order valence-corrected chi connectivity index (χ2v) is 6.98. The normalized spacial score (nSPS) is 15.9. The van der Waals surface area contributed by atoms with Crippen molar-refractivity contribution < 1.29 is 9.53 Å². The summed E-state index contributed by atoms with van der Waals surface area (Å²) in [5.41, 5.74) is 0. The third-order valence-corrected chi connectivity index (χ3v) is 5.02. The fourth-order valence-corrected chi connectivity index (χ4v) is 3.54. The van der Waals surface area contributed by atoms with Crippen LogP contribution in [0.25, 0.3) is 10.8 Å². The maximum absolute atomic E-state index is 12.9. The van der Waals surface area contributed by atoms with E-state index < -0.39 is 6.10 Å². The molecule has 0 unspecified atom stereocenters. The summed E-state index contributed by atoms with van der Waals surface area (Å²) in [5.74, 6) is 1.45. The van der Waals surface area contributed by atoms with Gasteiger partial charge in [0.25, 0.3) is 5.91 Å². The van der Waals surface area contributed by atoms with E-state index in [1.807, 2.05) is 54.3 Å². The molecule has 1 aromatic heterocycles. The number of fused-ring (bicyclic) bond motifs is 1. The van der Waals surface area contributed by atoms with Gasteiger partial charge in [0.2, 0.25) is 5.95 Å². The van der Waals surface area contributed by atoms with Gasteiger partial charge in [-0.3, -0.25) is 4.79 Å². The number of aromatic nitrogens is 2. The molecular weight excluding hydrogens is 352 g/mol. The Labute approximate surface area is 164 Å². The first-order valence-corrected chi connectivity index (χ1v) is 9.67. The molecule has 0 spiro atoms. The fraction of sp³-hybridized carbons (Fsp3) is 0.318. The Balaban J connectivity index is 1.39. The molecule has 1 saturated heterocycles. The Morgan fingerprint density at radius 3 is 2.57 bits per heavy atom. The number of hydrogen-bond donors (Lipinski definition) is 0. The number of nitrogens with zero attached hydrogens (tertiary/aromatic N) is 4. The third-order valence-electron chi connectivity index (χ3n) is 5.02. The van der Waals surface area contributed by atoms with Crippen LogP contribution in [0.5, 0.6) is 5.75 Å². The van der Waals surface area contributed by atoms with Crippen LogP contribution in [0.1, 0.15) is 13.3 Å². The lowest BCUT2D eigenvalue weighted by Crippen LogP contribution is -2.42. The molecule has 1 atom stereocenters. The Morgan fingerprint density at radius 2 is 1.75 bits per heavy atom. The second kappa shape index (κ2) is 8.25. The molecule has 1 aliphatic heterocycles. The molecule has 6 nitrogen and oxygen atoms in total. The highest BCUT2D eigenvalue weighted by Gasteiger charge is 2.25. The lowest BCUT2D eigenvalue weighted by atomic mass is 10.1. The van der Waals surface area contributed by atoms with Crippen molar-refractivity contribution in [3.8, 4) is 5.75 Å². The van der Waals surface area contributed by atoms with Gasteiger partial charge in [-0.15, -0.1) is 0 Å². The summed E-state index contributed by atoms with van der Waals surface area (Å²) in [4.78, 5) is 25.6. The molecule has 1 fully saturated rings. The van der Waals surface area contributed by atoms with Gasteiger partial charge in [-0.1, -0.05) is 30.3 Å². The predicted octanol–water partition coefficient (Wildman–Crippen LogP) is 3.14. The molecule has 144 valence electrons. The van der Waals surface area contributed by atoms with Gasteiger partial charge >= 0.3 is 0 Å². The van der Waals surface area contributed by atoms with Crippen molar-refractivity contribution in [2.75, 3.05) is 31.1 Å². The number of hydrogen-bond acceptors (Lipinski definition) is 5. The zero-order valence-corrected chi connectivity index (χ0v) is 16.0. The molecule has 0 aliphatic carbocycles. The van der Waals surface area contributed by atoms with E-state index in [0.29, 0.717) is 18.8 Å². The van der Waals surface area contributed by atoms with Crippen LogP contribution in [0.15, 0.2) is 60.9 Å². The van der Waals surface area contributed by atoms with Gasteiger partial charge in [-0.2, -0.15) is 0 Å². The number of rotatable bonds is 4. The Morgan fingerprint density at radius 1 is 0.964 bits per heavy atom. The summed E-state index contributed by atoms with van der Waals surface area (Å²) in [7, 11) is 0. The van der Waals surface area contributed by atoms with Crippen molar-refractivity contribution in [2.45, 2.75) is 19.4 Å². The van der Waals surface area contributed by atoms with Crippen LogP contribution in [-0.4, -0.2) is 53.1 Å². The standard InChI is InChI=1S/C22H24N4O2/c1-17(28-20-9-8-18-6-2-3-7-19(18)16-20)21(27)25-12-5-13-26(15-14-25)22-23-10-4-11-24-22/h2-4,6-11,16-17H,5,12-15H2,1H3/t17-/m1/s1. The molecule has 1 aliphatic rings. The van der Waals surface area contributed by atoms with Gasteiger partial charge < -0.3 is 14.5 Å². The molecule has 3 aromatic rings. The van der Waals surface area contributed by atoms with E-state index in [0.717, 1.165) is 36.2 Å². The fourth-order valence-electron chi connectivity index (χ4n) is 3.54. The first kappa shape index (κ1) is 18.2. The van der Waals surface area contributed by atoms with Crippen LogP contribution < -0.4 is 9.64 Å². The smallest absolute Gasteiger partial charge is 0.263 e. The first-order valence-electron chi connectivity index (χ1n) is 9.67. The minimum atomic E-state index is -0.527. The summed E-state index contributed by atoms with van der Waals surface area (Å²) in [5, 5.41) is 2.26. The van der Waals surface area contributed by atoms with Crippen molar-refractivity contribution in [2.24, 2.45) is 0 Å². The van der Waals surface area contributed by atoms with E-state index in [2.05, 4.69) is 20.9 Å². The largest absolute Gasteiger partial charge is 0.481 e. The quantitative estimate of drug-likeness (QED) is 0.700. The van der Waals surface area contributed by atoms with Gasteiger partial charge in [0.15, 0.2) is 6.10 Å². The molecule has 0 bridgehead atoms. The SMILES string of the molecule is C[C@@H](Oc1ccc2ccccc2c1)C(=O)N1CCCN(c2ncccn2)CC1. The molecule has 2 aromatic carbocycles. The highest BCUT2D eigenvalue weighted by molar-refractivity contribution is 5.84. The van der Waals surface area contributed by atoms with Crippen molar-refractivity contribution in [1.29, 1.82) is 0 Å². The molecule has 0 saturated carbocycles. The van der Waals surface area contributed by atoms with Gasteiger partial charge in [0.05, 0.1) is 0 Å². The van der Waals surface area contributed by atoms with Crippen LogP contribution >= 0.6 is 0 Å². The van der Waals surface area contributed by atoms with Crippen LogP contribution in [0.4, 0.5) is 5.95 Å². The lowest BCUT2D eigenvalue weighted by Gasteiger charge is -2.25. The molecule has 0 radical (unpaired) electrons. The Hall–Kier alpha value is -3.15. The average molecular weight is 376 g/mol. The number of benzene rings is 2. The summed E-state index contributed by atoms with van der Waals surface area (Å²) in [6.45, 7) is 4.74. The number of amides is 1. The minimum absolute atomic E-state index is 0.0176. The first-order chi connectivity index (χ1) is 13.7. The van der Waals surface area contributed by atoms with Crippen molar-refractivity contribution >= 4 is 22.6 Å².